The molecule has 1 heterocycles. The first-order valence-electron chi connectivity index (χ1n) is 8.05. The number of nitrogens with one attached hydrogen (secondary N) is 1. The van der Waals surface area contributed by atoms with Gasteiger partial charge in [-0.2, -0.15) is 0 Å². The first-order chi connectivity index (χ1) is 10.3. The minimum Gasteiger partial charge on any atom is -0.487 e. The summed E-state index contributed by atoms with van der Waals surface area (Å²) in [6.07, 6.45) is 4.89. The molecule has 2 aliphatic rings. The lowest BCUT2D eigenvalue weighted by Crippen LogP contribution is -2.54. The van der Waals surface area contributed by atoms with E-state index in [1.165, 1.54) is 12.8 Å². The van der Waals surface area contributed by atoms with Crippen LogP contribution in [0, 0.1) is 0 Å². The van der Waals surface area contributed by atoms with Gasteiger partial charge in [0.2, 0.25) is 0 Å². The highest BCUT2D eigenvalue weighted by atomic mass is 16.5. The monoisotopic (exact) mass is 288 g/mol. The second kappa shape index (κ2) is 6.48. The molecule has 4 nitrogen and oxygen atoms in total. The van der Waals surface area contributed by atoms with Crippen molar-refractivity contribution in [2.45, 2.75) is 44.8 Å². The van der Waals surface area contributed by atoms with Gasteiger partial charge in [0.05, 0.1) is 5.56 Å². The summed E-state index contributed by atoms with van der Waals surface area (Å²) in [6.45, 7) is 5.31. The van der Waals surface area contributed by atoms with E-state index in [0.717, 1.165) is 38.2 Å². The Labute approximate surface area is 126 Å². The molecule has 1 saturated heterocycles. The van der Waals surface area contributed by atoms with Crippen LogP contribution in [0.5, 0.6) is 5.75 Å². The molecule has 114 valence electrons. The van der Waals surface area contributed by atoms with E-state index in [-0.39, 0.29) is 12.0 Å². The lowest BCUT2D eigenvalue weighted by atomic mass is 10.1. The number of carbonyl (C=O) groups is 1. The van der Waals surface area contributed by atoms with Gasteiger partial charge < -0.3 is 10.1 Å². The van der Waals surface area contributed by atoms with Crippen LogP contribution in [-0.4, -0.2) is 42.6 Å². The van der Waals surface area contributed by atoms with Gasteiger partial charge in [-0.1, -0.05) is 25.5 Å². The zero-order chi connectivity index (χ0) is 14.7. The van der Waals surface area contributed by atoms with E-state index in [1.54, 1.807) is 0 Å². The van der Waals surface area contributed by atoms with Gasteiger partial charge in [0.25, 0.3) is 5.91 Å². The van der Waals surface area contributed by atoms with Crippen molar-refractivity contribution in [3.8, 4) is 5.75 Å². The van der Waals surface area contributed by atoms with E-state index in [9.17, 15) is 4.79 Å². The third-order valence-electron chi connectivity index (χ3n) is 4.09. The highest BCUT2D eigenvalue weighted by Crippen LogP contribution is 2.25. The van der Waals surface area contributed by atoms with Crippen molar-refractivity contribution in [2.24, 2.45) is 0 Å². The number of amides is 1. The molecule has 1 N–H and O–H groups in total. The molecule has 1 aliphatic carbocycles. The molecular formula is C17H24N2O2. The Morgan fingerprint density at radius 3 is 2.81 bits per heavy atom. The third-order valence-corrected chi connectivity index (χ3v) is 4.09. The molecule has 3 rings (SSSR count). The van der Waals surface area contributed by atoms with Crippen molar-refractivity contribution in [1.29, 1.82) is 0 Å². The average molecular weight is 288 g/mol. The van der Waals surface area contributed by atoms with Crippen molar-refractivity contribution in [1.82, 2.24) is 10.2 Å². The van der Waals surface area contributed by atoms with Crippen LogP contribution in [0.3, 0.4) is 0 Å². The maximum Gasteiger partial charge on any atom is 0.255 e. The zero-order valence-electron chi connectivity index (χ0n) is 12.7. The van der Waals surface area contributed by atoms with Crippen molar-refractivity contribution < 1.29 is 9.53 Å². The molecule has 2 fully saturated rings. The van der Waals surface area contributed by atoms with Crippen LogP contribution >= 0.6 is 0 Å². The van der Waals surface area contributed by atoms with E-state index in [4.69, 9.17) is 4.74 Å². The normalized spacial score (nSPS) is 19.1. The third kappa shape index (κ3) is 3.76. The largest absolute Gasteiger partial charge is 0.487 e. The fourth-order valence-corrected chi connectivity index (χ4v) is 2.59. The van der Waals surface area contributed by atoms with E-state index in [2.05, 4.69) is 17.1 Å². The Hall–Kier alpha value is -1.55. The van der Waals surface area contributed by atoms with Crippen molar-refractivity contribution in [3.63, 3.8) is 0 Å². The van der Waals surface area contributed by atoms with Crippen LogP contribution < -0.4 is 10.1 Å². The first-order valence-corrected chi connectivity index (χ1v) is 8.05. The number of likely N-dealkylation sites (tertiary alicyclic amines) is 1. The van der Waals surface area contributed by atoms with Crippen molar-refractivity contribution >= 4 is 5.91 Å². The summed E-state index contributed by atoms with van der Waals surface area (Å²) in [5.74, 6) is 0.714. The highest BCUT2D eigenvalue weighted by molar-refractivity contribution is 5.97. The Balaban J connectivity index is 1.54. The molecule has 1 aromatic carbocycles. The topological polar surface area (TPSA) is 41.6 Å². The number of nitrogens with zero attached hydrogens (tertiary/aromatic N) is 1. The standard InChI is InChI=1S/C17H24N2O2/c1-2-3-10-19-11-14(12-19)21-16-7-5-4-6-15(16)17(20)18-13-8-9-13/h4-7,13-14H,2-3,8-12H2,1H3,(H,18,20). The van der Waals surface area contributed by atoms with Crippen LogP contribution in [0.2, 0.25) is 0 Å². The van der Waals surface area contributed by atoms with Crippen molar-refractivity contribution in [2.75, 3.05) is 19.6 Å². The summed E-state index contributed by atoms with van der Waals surface area (Å²) >= 11 is 0. The van der Waals surface area contributed by atoms with Gasteiger partial charge in [0.15, 0.2) is 0 Å². The van der Waals surface area contributed by atoms with E-state index in [0.29, 0.717) is 11.6 Å². The smallest absolute Gasteiger partial charge is 0.255 e. The number of rotatable bonds is 7. The summed E-state index contributed by atoms with van der Waals surface area (Å²) < 4.78 is 6.01. The van der Waals surface area contributed by atoms with Crippen LogP contribution in [0.15, 0.2) is 24.3 Å². The molecule has 1 amide bonds. The average Bonchev–Trinajstić information content (AvgIpc) is 3.25. The number of para-hydroxylation sites is 1. The van der Waals surface area contributed by atoms with Gasteiger partial charge in [-0.25, -0.2) is 0 Å². The molecule has 0 bridgehead atoms. The summed E-state index contributed by atoms with van der Waals surface area (Å²) in [5, 5.41) is 3.03. The summed E-state index contributed by atoms with van der Waals surface area (Å²) in [7, 11) is 0. The Kier molecular flexibility index (Phi) is 4.44. The van der Waals surface area contributed by atoms with Crippen LogP contribution in [0.1, 0.15) is 43.0 Å². The van der Waals surface area contributed by atoms with Gasteiger partial charge in [0, 0.05) is 19.1 Å². The molecule has 0 unspecified atom stereocenters. The van der Waals surface area contributed by atoms with E-state index in [1.807, 2.05) is 24.3 Å². The lowest BCUT2D eigenvalue weighted by Gasteiger charge is -2.39. The molecule has 4 heteroatoms. The molecule has 21 heavy (non-hydrogen) atoms. The molecule has 1 aliphatic heterocycles. The summed E-state index contributed by atoms with van der Waals surface area (Å²) in [6, 6.07) is 7.94. The van der Waals surface area contributed by atoms with Crippen LogP contribution in [-0.2, 0) is 0 Å². The zero-order valence-corrected chi connectivity index (χ0v) is 12.7. The molecule has 1 saturated carbocycles. The maximum atomic E-state index is 12.2. The Bertz CT molecular complexity index is 493. The number of ether oxygens (including phenoxy) is 1. The maximum absolute atomic E-state index is 12.2. The number of unbranched alkanes of at least 4 members (excludes halogenated alkanes) is 1. The lowest BCUT2D eigenvalue weighted by molar-refractivity contribution is 0.0188. The predicted molar refractivity (Wildman–Crippen MR) is 82.7 cm³/mol. The number of benzene rings is 1. The Morgan fingerprint density at radius 1 is 1.33 bits per heavy atom. The Morgan fingerprint density at radius 2 is 2.10 bits per heavy atom. The fourth-order valence-electron chi connectivity index (χ4n) is 2.59. The summed E-state index contributed by atoms with van der Waals surface area (Å²) in [4.78, 5) is 14.6. The molecule has 0 aromatic heterocycles. The summed E-state index contributed by atoms with van der Waals surface area (Å²) in [5.41, 5.74) is 0.663. The SMILES string of the molecule is CCCCN1CC(Oc2ccccc2C(=O)NC2CC2)C1. The fraction of sp³-hybridized carbons (Fsp3) is 0.588. The quantitative estimate of drug-likeness (QED) is 0.838. The molecule has 1 aromatic rings. The van der Waals surface area contributed by atoms with Crippen LogP contribution in [0.4, 0.5) is 0 Å². The minimum atomic E-state index is -0.00439. The molecule has 0 atom stereocenters. The van der Waals surface area contributed by atoms with Gasteiger partial charge in [-0.05, 0) is 37.9 Å². The number of hydrogen-bond donors (Lipinski definition) is 1. The molecule has 0 spiro atoms. The first kappa shape index (κ1) is 14.4. The highest BCUT2D eigenvalue weighted by Gasteiger charge is 2.29. The van der Waals surface area contributed by atoms with Gasteiger partial charge in [-0.3, -0.25) is 9.69 Å². The van der Waals surface area contributed by atoms with Gasteiger partial charge in [-0.15, -0.1) is 0 Å². The van der Waals surface area contributed by atoms with Crippen molar-refractivity contribution in [3.05, 3.63) is 29.8 Å². The predicted octanol–water partition coefficient (Wildman–Crippen LogP) is 2.44. The number of hydrogen-bond acceptors (Lipinski definition) is 3. The second-order valence-electron chi connectivity index (χ2n) is 6.10. The number of carbonyl (C=O) groups excluding carboxylic acids is 1. The van der Waals surface area contributed by atoms with Gasteiger partial charge in [0.1, 0.15) is 11.9 Å². The second-order valence-corrected chi connectivity index (χ2v) is 6.10. The van der Waals surface area contributed by atoms with Crippen LogP contribution in [0.25, 0.3) is 0 Å². The van der Waals surface area contributed by atoms with E-state index < -0.39 is 0 Å². The molecular weight excluding hydrogens is 264 g/mol. The van der Waals surface area contributed by atoms with Gasteiger partial charge >= 0.3 is 0 Å². The van der Waals surface area contributed by atoms with E-state index >= 15 is 0 Å². The molecule has 0 radical (unpaired) electrons. The minimum absolute atomic E-state index is 0.00439.